The molecule has 1 aromatic rings. The summed E-state index contributed by atoms with van der Waals surface area (Å²) in [6.07, 6.45) is 1.71. The smallest absolute Gasteiger partial charge is 0.225 e. The maximum absolute atomic E-state index is 5.07. The Morgan fingerprint density at radius 1 is 1.29 bits per heavy atom. The molecular weight excluding hydrogens is 214 g/mol. The fourth-order valence-electron chi connectivity index (χ4n) is 2.58. The average molecular weight is 235 g/mol. The standard InChI is InChI=1S/C13H21N3O/c1-12(2)9(13(12,3)4)8-15-11-14-7-6-10(16-11)17-5/h6-7,9H,8H2,1-5H3,(H,14,15,16). The summed E-state index contributed by atoms with van der Waals surface area (Å²) in [6, 6.07) is 1.75. The molecule has 0 bridgehead atoms. The quantitative estimate of drug-likeness (QED) is 0.871. The van der Waals surface area contributed by atoms with E-state index in [0.717, 1.165) is 6.54 Å². The van der Waals surface area contributed by atoms with Gasteiger partial charge in [-0.05, 0) is 16.7 Å². The van der Waals surface area contributed by atoms with Crippen LogP contribution in [-0.4, -0.2) is 23.6 Å². The van der Waals surface area contributed by atoms with Gasteiger partial charge in [-0.2, -0.15) is 4.98 Å². The summed E-state index contributed by atoms with van der Waals surface area (Å²) in [6.45, 7) is 10.2. The molecule has 1 fully saturated rings. The van der Waals surface area contributed by atoms with Gasteiger partial charge in [-0.25, -0.2) is 4.98 Å². The van der Waals surface area contributed by atoms with E-state index in [0.29, 0.717) is 28.6 Å². The molecule has 0 radical (unpaired) electrons. The molecule has 2 rings (SSSR count). The lowest BCUT2D eigenvalue weighted by molar-refractivity contribution is 0.397. The van der Waals surface area contributed by atoms with E-state index in [4.69, 9.17) is 4.74 Å². The van der Waals surface area contributed by atoms with Crippen LogP contribution in [-0.2, 0) is 0 Å². The van der Waals surface area contributed by atoms with E-state index in [1.54, 1.807) is 19.4 Å². The largest absolute Gasteiger partial charge is 0.481 e. The van der Waals surface area contributed by atoms with Crippen molar-refractivity contribution in [2.24, 2.45) is 16.7 Å². The van der Waals surface area contributed by atoms with Crippen molar-refractivity contribution in [1.82, 2.24) is 9.97 Å². The molecule has 0 amide bonds. The Morgan fingerprint density at radius 2 is 1.94 bits per heavy atom. The van der Waals surface area contributed by atoms with Gasteiger partial charge in [-0.1, -0.05) is 27.7 Å². The minimum Gasteiger partial charge on any atom is -0.481 e. The normalized spacial score (nSPS) is 21.0. The predicted octanol–water partition coefficient (Wildman–Crippen LogP) is 2.58. The summed E-state index contributed by atoms with van der Waals surface area (Å²) < 4.78 is 5.07. The van der Waals surface area contributed by atoms with Gasteiger partial charge >= 0.3 is 0 Å². The number of aromatic nitrogens is 2. The third-order valence-corrected chi connectivity index (χ3v) is 4.62. The van der Waals surface area contributed by atoms with Gasteiger partial charge in [0.2, 0.25) is 11.8 Å². The van der Waals surface area contributed by atoms with Gasteiger partial charge in [0, 0.05) is 18.8 Å². The van der Waals surface area contributed by atoms with Crippen molar-refractivity contribution in [2.75, 3.05) is 19.0 Å². The molecule has 17 heavy (non-hydrogen) atoms. The third kappa shape index (κ3) is 1.96. The monoisotopic (exact) mass is 235 g/mol. The zero-order valence-corrected chi connectivity index (χ0v) is 11.2. The van der Waals surface area contributed by atoms with Crippen molar-refractivity contribution in [1.29, 1.82) is 0 Å². The molecule has 1 N–H and O–H groups in total. The first-order valence-corrected chi connectivity index (χ1v) is 6.00. The molecule has 0 aliphatic heterocycles. The van der Waals surface area contributed by atoms with Gasteiger partial charge in [0.25, 0.3) is 0 Å². The zero-order chi connectivity index (χ0) is 12.7. The fraction of sp³-hybridized carbons (Fsp3) is 0.692. The van der Waals surface area contributed by atoms with Crippen LogP contribution in [0.2, 0.25) is 0 Å². The average Bonchev–Trinajstić information content (AvgIpc) is 2.67. The van der Waals surface area contributed by atoms with Crippen molar-refractivity contribution in [2.45, 2.75) is 27.7 Å². The zero-order valence-electron chi connectivity index (χ0n) is 11.2. The summed E-state index contributed by atoms with van der Waals surface area (Å²) in [5.41, 5.74) is 0.776. The highest BCUT2D eigenvalue weighted by Crippen LogP contribution is 2.68. The van der Waals surface area contributed by atoms with Crippen molar-refractivity contribution in [3.63, 3.8) is 0 Å². The van der Waals surface area contributed by atoms with Crippen LogP contribution in [0.15, 0.2) is 12.3 Å². The lowest BCUT2D eigenvalue weighted by atomic mass is 10.0. The van der Waals surface area contributed by atoms with Gasteiger partial charge < -0.3 is 10.1 Å². The molecular formula is C13H21N3O. The van der Waals surface area contributed by atoms with E-state index in [1.165, 1.54) is 0 Å². The van der Waals surface area contributed by atoms with E-state index >= 15 is 0 Å². The highest BCUT2D eigenvalue weighted by atomic mass is 16.5. The fourth-order valence-corrected chi connectivity index (χ4v) is 2.58. The highest BCUT2D eigenvalue weighted by molar-refractivity contribution is 5.29. The molecule has 0 atom stereocenters. The SMILES string of the molecule is COc1ccnc(NCC2C(C)(C)C2(C)C)n1. The summed E-state index contributed by atoms with van der Waals surface area (Å²) in [5.74, 6) is 1.89. The summed E-state index contributed by atoms with van der Waals surface area (Å²) >= 11 is 0. The van der Waals surface area contributed by atoms with E-state index in [2.05, 4.69) is 43.0 Å². The predicted molar refractivity (Wildman–Crippen MR) is 68.1 cm³/mol. The minimum absolute atomic E-state index is 0.388. The van der Waals surface area contributed by atoms with Crippen molar-refractivity contribution < 1.29 is 4.74 Å². The van der Waals surface area contributed by atoms with Crippen molar-refractivity contribution >= 4 is 5.95 Å². The maximum atomic E-state index is 5.07. The molecule has 0 aromatic carbocycles. The van der Waals surface area contributed by atoms with Gasteiger partial charge in [0.05, 0.1) is 7.11 Å². The number of methoxy groups -OCH3 is 1. The Balaban J connectivity index is 1.95. The molecule has 1 saturated carbocycles. The van der Waals surface area contributed by atoms with Crippen LogP contribution >= 0.6 is 0 Å². The van der Waals surface area contributed by atoms with Crippen LogP contribution in [0, 0.1) is 16.7 Å². The third-order valence-electron chi connectivity index (χ3n) is 4.62. The van der Waals surface area contributed by atoms with Crippen LogP contribution in [0.4, 0.5) is 5.95 Å². The first kappa shape index (κ1) is 12.1. The van der Waals surface area contributed by atoms with Crippen LogP contribution in [0.1, 0.15) is 27.7 Å². The number of nitrogens with one attached hydrogen (secondary N) is 1. The summed E-state index contributed by atoms with van der Waals surface area (Å²) in [7, 11) is 1.61. The molecule has 1 aromatic heterocycles. The molecule has 94 valence electrons. The van der Waals surface area contributed by atoms with Crippen molar-refractivity contribution in [3.8, 4) is 5.88 Å². The molecule has 4 heteroatoms. The number of hydrogen-bond acceptors (Lipinski definition) is 4. The van der Waals surface area contributed by atoms with E-state index in [-0.39, 0.29) is 0 Å². The van der Waals surface area contributed by atoms with Crippen LogP contribution in [0.5, 0.6) is 5.88 Å². The Kier molecular flexibility index (Phi) is 2.76. The highest BCUT2D eigenvalue weighted by Gasteiger charge is 2.64. The Hall–Kier alpha value is -1.32. The minimum atomic E-state index is 0.388. The number of nitrogens with zero attached hydrogens (tertiary/aromatic N) is 2. The molecule has 0 saturated heterocycles. The second-order valence-corrected chi connectivity index (χ2v) is 5.80. The second kappa shape index (κ2) is 3.86. The van der Waals surface area contributed by atoms with Crippen molar-refractivity contribution in [3.05, 3.63) is 12.3 Å². The van der Waals surface area contributed by atoms with Crippen LogP contribution in [0.3, 0.4) is 0 Å². The first-order chi connectivity index (χ1) is 7.89. The van der Waals surface area contributed by atoms with Gasteiger partial charge in [0.1, 0.15) is 0 Å². The maximum Gasteiger partial charge on any atom is 0.225 e. The number of ether oxygens (including phenoxy) is 1. The Morgan fingerprint density at radius 3 is 2.47 bits per heavy atom. The lowest BCUT2D eigenvalue weighted by Crippen LogP contribution is -2.10. The number of hydrogen-bond donors (Lipinski definition) is 1. The van der Waals surface area contributed by atoms with Crippen LogP contribution < -0.4 is 10.1 Å². The molecule has 1 aliphatic rings. The van der Waals surface area contributed by atoms with E-state index < -0.39 is 0 Å². The molecule has 1 aliphatic carbocycles. The first-order valence-electron chi connectivity index (χ1n) is 6.00. The number of rotatable bonds is 4. The lowest BCUT2D eigenvalue weighted by Gasteiger charge is -2.06. The molecule has 1 heterocycles. The Bertz CT molecular complexity index is 401. The topological polar surface area (TPSA) is 47.0 Å². The molecule has 0 spiro atoms. The van der Waals surface area contributed by atoms with Crippen LogP contribution in [0.25, 0.3) is 0 Å². The second-order valence-electron chi connectivity index (χ2n) is 5.80. The summed E-state index contributed by atoms with van der Waals surface area (Å²) in [4.78, 5) is 8.42. The van der Waals surface area contributed by atoms with Gasteiger partial charge in [-0.15, -0.1) is 0 Å². The Labute approximate surface area is 103 Å². The summed E-state index contributed by atoms with van der Waals surface area (Å²) in [5, 5.41) is 3.29. The number of anilines is 1. The van der Waals surface area contributed by atoms with E-state index in [9.17, 15) is 0 Å². The molecule has 4 nitrogen and oxygen atoms in total. The van der Waals surface area contributed by atoms with Gasteiger partial charge in [-0.3, -0.25) is 0 Å². The van der Waals surface area contributed by atoms with E-state index in [1.807, 2.05) is 0 Å². The van der Waals surface area contributed by atoms with Gasteiger partial charge in [0.15, 0.2) is 0 Å². The molecule has 0 unspecified atom stereocenters.